The molecular formula is C16H13FN2OS. The SMILES string of the molecule is Cc1cc(C)cc(C(=O)Nc2nc3c(F)cccc3s2)c1. The molecule has 2 aromatic carbocycles. The molecule has 1 heterocycles. The van der Waals surface area contributed by atoms with Crippen LogP contribution in [0.4, 0.5) is 9.52 Å². The molecule has 21 heavy (non-hydrogen) atoms. The summed E-state index contributed by atoms with van der Waals surface area (Å²) in [6.45, 7) is 3.88. The van der Waals surface area contributed by atoms with Gasteiger partial charge in [0.05, 0.1) is 4.70 Å². The molecule has 1 N–H and O–H groups in total. The quantitative estimate of drug-likeness (QED) is 0.766. The molecule has 0 bridgehead atoms. The van der Waals surface area contributed by atoms with Crippen LogP contribution in [0.15, 0.2) is 36.4 Å². The van der Waals surface area contributed by atoms with E-state index in [9.17, 15) is 9.18 Å². The Morgan fingerprint density at radius 1 is 1.19 bits per heavy atom. The maximum atomic E-state index is 13.6. The number of halogens is 1. The summed E-state index contributed by atoms with van der Waals surface area (Å²) in [6.07, 6.45) is 0. The normalized spacial score (nSPS) is 10.8. The maximum absolute atomic E-state index is 13.6. The molecule has 1 amide bonds. The number of aromatic nitrogens is 1. The van der Waals surface area contributed by atoms with E-state index in [4.69, 9.17) is 0 Å². The average molecular weight is 300 g/mol. The Bertz CT molecular complexity index is 821. The van der Waals surface area contributed by atoms with Crippen LogP contribution in [-0.2, 0) is 0 Å². The first-order chi connectivity index (χ1) is 10.0. The zero-order chi connectivity index (χ0) is 15.0. The summed E-state index contributed by atoms with van der Waals surface area (Å²) in [4.78, 5) is 16.4. The monoisotopic (exact) mass is 300 g/mol. The van der Waals surface area contributed by atoms with Crippen LogP contribution in [0.2, 0.25) is 0 Å². The van der Waals surface area contributed by atoms with Crippen molar-refractivity contribution in [3.8, 4) is 0 Å². The predicted octanol–water partition coefficient (Wildman–Crippen LogP) is 4.30. The maximum Gasteiger partial charge on any atom is 0.257 e. The number of carbonyl (C=O) groups is 1. The van der Waals surface area contributed by atoms with Crippen LogP contribution in [-0.4, -0.2) is 10.9 Å². The van der Waals surface area contributed by atoms with Gasteiger partial charge >= 0.3 is 0 Å². The number of amides is 1. The van der Waals surface area contributed by atoms with Crippen LogP contribution in [0.25, 0.3) is 10.2 Å². The first-order valence-corrected chi connectivity index (χ1v) is 7.29. The molecule has 0 aliphatic rings. The fraction of sp³-hybridized carbons (Fsp3) is 0.125. The Kier molecular flexibility index (Phi) is 3.43. The number of benzene rings is 2. The zero-order valence-corrected chi connectivity index (χ0v) is 12.4. The summed E-state index contributed by atoms with van der Waals surface area (Å²) in [6, 6.07) is 10.4. The molecule has 0 radical (unpaired) electrons. The van der Waals surface area contributed by atoms with Crippen LogP contribution in [0, 0.1) is 19.7 Å². The fourth-order valence-corrected chi connectivity index (χ4v) is 3.12. The standard InChI is InChI=1S/C16H13FN2OS/c1-9-6-10(2)8-11(7-9)15(20)19-16-18-14-12(17)4-3-5-13(14)21-16/h3-8H,1-2H3,(H,18,19,20). The second kappa shape index (κ2) is 5.26. The lowest BCUT2D eigenvalue weighted by atomic mass is 10.1. The number of rotatable bonds is 2. The number of fused-ring (bicyclic) bond motifs is 1. The minimum Gasteiger partial charge on any atom is -0.298 e. The van der Waals surface area contributed by atoms with E-state index < -0.39 is 0 Å². The number of carbonyl (C=O) groups excluding carboxylic acids is 1. The molecule has 3 nitrogen and oxygen atoms in total. The summed E-state index contributed by atoms with van der Waals surface area (Å²) < 4.78 is 14.3. The lowest BCUT2D eigenvalue weighted by molar-refractivity contribution is 0.102. The molecule has 0 atom stereocenters. The van der Waals surface area contributed by atoms with Gasteiger partial charge in [-0.15, -0.1) is 0 Å². The third-order valence-corrected chi connectivity index (χ3v) is 4.01. The van der Waals surface area contributed by atoms with E-state index in [1.165, 1.54) is 17.4 Å². The van der Waals surface area contributed by atoms with Gasteiger partial charge in [-0.2, -0.15) is 0 Å². The summed E-state index contributed by atoms with van der Waals surface area (Å²) >= 11 is 1.26. The predicted molar refractivity (Wildman–Crippen MR) is 83.4 cm³/mol. The third-order valence-electron chi connectivity index (χ3n) is 3.07. The van der Waals surface area contributed by atoms with Gasteiger partial charge in [0.25, 0.3) is 5.91 Å². The Hall–Kier alpha value is -2.27. The van der Waals surface area contributed by atoms with Gasteiger partial charge in [-0.3, -0.25) is 10.1 Å². The van der Waals surface area contributed by atoms with E-state index in [-0.39, 0.29) is 11.7 Å². The average Bonchev–Trinajstić information content (AvgIpc) is 2.81. The Morgan fingerprint density at radius 3 is 2.57 bits per heavy atom. The molecule has 3 aromatic rings. The van der Waals surface area contributed by atoms with Crippen molar-refractivity contribution in [3.63, 3.8) is 0 Å². The van der Waals surface area contributed by atoms with Crippen molar-refractivity contribution in [1.82, 2.24) is 4.98 Å². The highest BCUT2D eigenvalue weighted by Gasteiger charge is 2.12. The molecule has 0 fully saturated rings. The van der Waals surface area contributed by atoms with Crippen LogP contribution in [0.1, 0.15) is 21.5 Å². The molecule has 0 spiro atoms. The van der Waals surface area contributed by atoms with Gasteiger partial charge in [0, 0.05) is 5.56 Å². The van der Waals surface area contributed by atoms with Crippen molar-refractivity contribution in [2.45, 2.75) is 13.8 Å². The van der Waals surface area contributed by atoms with Gasteiger partial charge in [0.15, 0.2) is 5.13 Å². The number of hydrogen-bond donors (Lipinski definition) is 1. The minimum atomic E-state index is -0.379. The van der Waals surface area contributed by atoms with Crippen LogP contribution in [0.5, 0.6) is 0 Å². The van der Waals surface area contributed by atoms with Crippen LogP contribution >= 0.6 is 11.3 Å². The van der Waals surface area contributed by atoms with Crippen molar-refractivity contribution in [2.75, 3.05) is 5.32 Å². The number of hydrogen-bond acceptors (Lipinski definition) is 3. The molecule has 1 aromatic heterocycles. The number of aryl methyl sites for hydroxylation is 2. The first-order valence-electron chi connectivity index (χ1n) is 6.47. The second-order valence-electron chi connectivity index (χ2n) is 4.94. The summed E-state index contributed by atoms with van der Waals surface area (Å²) in [5.74, 6) is -0.614. The van der Waals surface area contributed by atoms with Gasteiger partial charge in [-0.1, -0.05) is 34.6 Å². The van der Waals surface area contributed by atoms with Gasteiger partial charge < -0.3 is 0 Å². The lowest BCUT2D eigenvalue weighted by Crippen LogP contribution is -2.12. The topological polar surface area (TPSA) is 42.0 Å². The van der Waals surface area contributed by atoms with E-state index in [0.29, 0.717) is 20.9 Å². The van der Waals surface area contributed by atoms with Gasteiger partial charge in [-0.05, 0) is 38.1 Å². The highest BCUT2D eigenvalue weighted by Crippen LogP contribution is 2.27. The van der Waals surface area contributed by atoms with Gasteiger partial charge in [0.2, 0.25) is 0 Å². The largest absolute Gasteiger partial charge is 0.298 e. The molecular weight excluding hydrogens is 287 g/mol. The second-order valence-corrected chi connectivity index (χ2v) is 5.97. The summed E-state index contributed by atoms with van der Waals surface area (Å²) in [7, 11) is 0. The van der Waals surface area contributed by atoms with E-state index in [1.807, 2.05) is 32.0 Å². The third kappa shape index (κ3) is 2.78. The first kappa shape index (κ1) is 13.7. The van der Waals surface area contributed by atoms with Gasteiger partial charge in [0.1, 0.15) is 11.3 Å². The van der Waals surface area contributed by atoms with Crippen LogP contribution < -0.4 is 5.32 Å². The summed E-state index contributed by atoms with van der Waals surface area (Å²) in [5, 5.41) is 3.13. The molecule has 0 aliphatic carbocycles. The van der Waals surface area contributed by atoms with Crippen LogP contribution in [0.3, 0.4) is 0 Å². The van der Waals surface area contributed by atoms with E-state index >= 15 is 0 Å². The van der Waals surface area contributed by atoms with E-state index in [2.05, 4.69) is 10.3 Å². The lowest BCUT2D eigenvalue weighted by Gasteiger charge is -2.04. The van der Waals surface area contributed by atoms with Crippen molar-refractivity contribution in [1.29, 1.82) is 0 Å². The Morgan fingerprint density at radius 2 is 1.90 bits per heavy atom. The summed E-state index contributed by atoms with van der Waals surface area (Å²) in [5.41, 5.74) is 2.91. The van der Waals surface area contributed by atoms with Crippen molar-refractivity contribution >= 4 is 32.6 Å². The zero-order valence-electron chi connectivity index (χ0n) is 11.6. The van der Waals surface area contributed by atoms with E-state index in [0.717, 1.165) is 11.1 Å². The van der Waals surface area contributed by atoms with Crippen molar-refractivity contribution in [3.05, 3.63) is 58.9 Å². The molecule has 106 valence electrons. The smallest absolute Gasteiger partial charge is 0.257 e. The molecule has 0 saturated heterocycles. The number of nitrogens with zero attached hydrogens (tertiary/aromatic N) is 1. The highest BCUT2D eigenvalue weighted by molar-refractivity contribution is 7.22. The Labute approximate surface area is 125 Å². The molecule has 0 saturated carbocycles. The number of thiazole rings is 1. The minimum absolute atomic E-state index is 0.235. The van der Waals surface area contributed by atoms with Crippen molar-refractivity contribution < 1.29 is 9.18 Å². The highest BCUT2D eigenvalue weighted by atomic mass is 32.1. The molecule has 0 unspecified atom stereocenters. The fourth-order valence-electron chi connectivity index (χ4n) is 2.24. The molecule has 3 rings (SSSR count). The number of para-hydroxylation sites is 1. The van der Waals surface area contributed by atoms with E-state index in [1.54, 1.807) is 12.1 Å². The number of anilines is 1. The van der Waals surface area contributed by atoms with Crippen molar-refractivity contribution in [2.24, 2.45) is 0 Å². The molecule has 0 aliphatic heterocycles. The molecule has 5 heteroatoms. The van der Waals surface area contributed by atoms with Gasteiger partial charge in [-0.25, -0.2) is 9.37 Å². The number of nitrogens with one attached hydrogen (secondary N) is 1. The Balaban J connectivity index is 1.91.